The molecule has 3 aromatic rings. The number of nitrogens with zero attached hydrogens (tertiary/aromatic N) is 2. The summed E-state index contributed by atoms with van der Waals surface area (Å²) >= 11 is 6.15. The fourth-order valence-electron chi connectivity index (χ4n) is 1.89. The van der Waals surface area contributed by atoms with E-state index in [1.165, 1.54) is 0 Å². The van der Waals surface area contributed by atoms with Crippen LogP contribution in [-0.4, -0.2) is 9.97 Å². The van der Waals surface area contributed by atoms with Gasteiger partial charge in [-0.15, -0.1) is 0 Å². The minimum absolute atomic E-state index is 0.547. The first-order valence-electron chi connectivity index (χ1n) is 5.97. The number of benzene rings is 2. The second kappa shape index (κ2) is 4.86. The molecule has 0 aliphatic rings. The van der Waals surface area contributed by atoms with Crippen molar-refractivity contribution in [3.05, 3.63) is 59.2 Å². The summed E-state index contributed by atoms with van der Waals surface area (Å²) in [6.45, 7) is 2.02. The number of hydrogen-bond donors (Lipinski definition) is 1. The third kappa shape index (κ3) is 2.51. The molecule has 0 saturated heterocycles. The summed E-state index contributed by atoms with van der Waals surface area (Å²) < 4.78 is 0. The van der Waals surface area contributed by atoms with Crippen LogP contribution >= 0.6 is 11.6 Å². The minimum atomic E-state index is 0.547. The lowest BCUT2D eigenvalue weighted by Gasteiger charge is -2.08. The highest BCUT2D eigenvalue weighted by Crippen LogP contribution is 2.25. The van der Waals surface area contributed by atoms with Crippen molar-refractivity contribution in [2.24, 2.45) is 0 Å². The first-order chi connectivity index (χ1) is 9.22. The van der Waals surface area contributed by atoms with Crippen LogP contribution in [-0.2, 0) is 0 Å². The summed E-state index contributed by atoms with van der Waals surface area (Å²) in [5, 5.41) is 4.82. The van der Waals surface area contributed by atoms with Gasteiger partial charge in [-0.1, -0.05) is 35.9 Å². The maximum Gasteiger partial charge on any atom is 0.227 e. The maximum absolute atomic E-state index is 6.15. The van der Waals surface area contributed by atoms with Crippen molar-refractivity contribution < 1.29 is 0 Å². The lowest BCUT2D eigenvalue weighted by Crippen LogP contribution is -1.97. The van der Waals surface area contributed by atoms with E-state index in [1.54, 1.807) is 6.20 Å². The highest BCUT2D eigenvalue weighted by atomic mass is 35.5. The van der Waals surface area contributed by atoms with Gasteiger partial charge in [-0.25, -0.2) is 9.97 Å². The van der Waals surface area contributed by atoms with Crippen molar-refractivity contribution in [1.29, 1.82) is 0 Å². The van der Waals surface area contributed by atoms with Gasteiger partial charge in [0.1, 0.15) is 0 Å². The van der Waals surface area contributed by atoms with Gasteiger partial charge in [0, 0.05) is 11.6 Å². The maximum atomic E-state index is 6.15. The Morgan fingerprint density at radius 2 is 1.95 bits per heavy atom. The first-order valence-corrected chi connectivity index (χ1v) is 6.35. The molecule has 0 atom stereocenters. The lowest BCUT2D eigenvalue weighted by molar-refractivity contribution is 1.21. The highest BCUT2D eigenvalue weighted by Gasteiger charge is 2.04. The predicted octanol–water partition coefficient (Wildman–Crippen LogP) is 4.34. The van der Waals surface area contributed by atoms with E-state index in [9.17, 15) is 0 Å². The zero-order valence-electron chi connectivity index (χ0n) is 10.4. The molecular formula is C15H12ClN3. The van der Waals surface area contributed by atoms with E-state index < -0.39 is 0 Å². The molecule has 1 N–H and O–H groups in total. The molecule has 1 heterocycles. The van der Waals surface area contributed by atoms with Crippen LogP contribution in [0.4, 0.5) is 11.6 Å². The first kappa shape index (κ1) is 11.9. The van der Waals surface area contributed by atoms with Crippen LogP contribution in [0, 0.1) is 6.92 Å². The number of para-hydroxylation sites is 1. The lowest BCUT2D eigenvalue weighted by atomic mass is 10.2. The molecule has 19 heavy (non-hydrogen) atoms. The van der Waals surface area contributed by atoms with E-state index in [4.69, 9.17) is 11.6 Å². The van der Waals surface area contributed by atoms with Crippen molar-refractivity contribution in [2.75, 3.05) is 5.32 Å². The molecule has 0 aliphatic heterocycles. The molecule has 3 nitrogen and oxygen atoms in total. The molecular weight excluding hydrogens is 258 g/mol. The summed E-state index contributed by atoms with van der Waals surface area (Å²) in [5.74, 6) is 0.547. The SMILES string of the molecule is Cc1ccc(Cl)c(Nc2ncc3ccccc3n2)c1. The molecule has 0 unspecified atom stereocenters. The van der Waals surface area contributed by atoms with Crippen LogP contribution in [0.3, 0.4) is 0 Å². The van der Waals surface area contributed by atoms with Gasteiger partial charge in [0.05, 0.1) is 16.2 Å². The summed E-state index contributed by atoms with van der Waals surface area (Å²) in [7, 11) is 0. The predicted molar refractivity (Wildman–Crippen MR) is 79.0 cm³/mol. The largest absolute Gasteiger partial charge is 0.323 e. The number of fused-ring (bicyclic) bond motifs is 1. The second-order valence-electron chi connectivity index (χ2n) is 4.36. The summed E-state index contributed by atoms with van der Waals surface area (Å²) in [6, 6.07) is 13.7. The van der Waals surface area contributed by atoms with Crippen LogP contribution in [0.1, 0.15) is 5.56 Å². The van der Waals surface area contributed by atoms with Gasteiger partial charge in [-0.3, -0.25) is 0 Å². The quantitative estimate of drug-likeness (QED) is 0.752. The van der Waals surface area contributed by atoms with Gasteiger partial charge in [0.2, 0.25) is 5.95 Å². The zero-order chi connectivity index (χ0) is 13.2. The Bertz CT molecular complexity index is 740. The topological polar surface area (TPSA) is 37.8 Å². The van der Waals surface area contributed by atoms with Gasteiger partial charge in [-0.2, -0.15) is 0 Å². The number of aryl methyl sites for hydroxylation is 1. The van der Waals surface area contributed by atoms with Crippen molar-refractivity contribution in [3.8, 4) is 0 Å². The van der Waals surface area contributed by atoms with E-state index in [0.717, 1.165) is 22.2 Å². The molecule has 3 rings (SSSR count). The van der Waals surface area contributed by atoms with Crippen molar-refractivity contribution in [1.82, 2.24) is 9.97 Å². The monoisotopic (exact) mass is 269 g/mol. The summed E-state index contributed by atoms with van der Waals surface area (Å²) in [4.78, 5) is 8.75. The Labute approximate surface area is 116 Å². The van der Waals surface area contributed by atoms with Crippen LogP contribution in [0.2, 0.25) is 5.02 Å². The fourth-order valence-corrected chi connectivity index (χ4v) is 2.05. The summed E-state index contributed by atoms with van der Waals surface area (Å²) in [5.41, 5.74) is 2.86. The average molecular weight is 270 g/mol. The van der Waals surface area contributed by atoms with Crippen LogP contribution in [0.5, 0.6) is 0 Å². The molecule has 0 aliphatic carbocycles. The Morgan fingerprint density at radius 1 is 1.11 bits per heavy atom. The van der Waals surface area contributed by atoms with Crippen molar-refractivity contribution in [3.63, 3.8) is 0 Å². The molecule has 2 aromatic carbocycles. The number of anilines is 2. The van der Waals surface area contributed by atoms with Crippen molar-refractivity contribution in [2.45, 2.75) is 6.92 Å². The average Bonchev–Trinajstić information content (AvgIpc) is 2.43. The Morgan fingerprint density at radius 3 is 2.84 bits per heavy atom. The van der Waals surface area contributed by atoms with Gasteiger partial charge in [0.25, 0.3) is 0 Å². The van der Waals surface area contributed by atoms with E-state index in [1.807, 2.05) is 49.4 Å². The highest BCUT2D eigenvalue weighted by molar-refractivity contribution is 6.33. The standard InChI is InChI=1S/C15H12ClN3/c1-10-6-7-12(16)14(8-10)19-15-17-9-11-4-2-3-5-13(11)18-15/h2-9H,1H3,(H,17,18,19). The third-order valence-corrected chi connectivity index (χ3v) is 3.19. The number of aromatic nitrogens is 2. The molecule has 0 fully saturated rings. The van der Waals surface area contributed by atoms with Crippen LogP contribution < -0.4 is 5.32 Å². The smallest absolute Gasteiger partial charge is 0.227 e. The molecule has 0 bridgehead atoms. The Balaban J connectivity index is 1.98. The summed E-state index contributed by atoms with van der Waals surface area (Å²) in [6.07, 6.45) is 1.80. The van der Waals surface area contributed by atoms with E-state index in [0.29, 0.717) is 11.0 Å². The van der Waals surface area contributed by atoms with Gasteiger partial charge in [0.15, 0.2) is 0 Å². The number of rotatable bonds is 2. The minimum Gasteiger partial charge on any atom is -0.323 e. The van der Waals surface area contributed by atoms with Crippen LogP contribution in [0.15, 0.2) is 48.7 Å². The van der Waals surface area contributed by atoms with Gasteiger partial charge >= 0.3 is 0 Å². The van der Waals surface area contributed by atoms with Crippen molar-refractivity contribution >= 4 is 34.1 Å². The molecule has 0 radical (unpaired) electrons. The molecule has 4 heteroatoms. The number of hydrogen-bond acceptors (Lipinski definition) is 3. The molecule has 0 amide bonds. The second-order valence-corrected chi connectivity index (χ2v) is 4.77. The number of halogens is 1. The molecule has 0 saturated carbocycles. The van der Waals surface area contributed by atoms with Gasteiger partial charge in [-0.05, 0) is 30.7 Å². The Hall–Kier alpha value is -2.13. The zero-order valence-corrected chi connectivity index (χ0v) is 11.1. The molecule has 0 spiro atoms. The van der Waals surface area contributed by atoms with Crippen LogP contribution in [0.25, 0.3) is 10.9 Å². The number of nitrogens with one attached hydrogen (secondary N) is 1. The van der Waals surface area contributed by atoms with E-state index in [2.05, 4.69) is 15.3 Å². The fraction of sp³-hybridized carbons (Fsp3) is 0.0667. The molecule has 1 aromatic heterocycles. The molecule has 94 valence electrons. The van der Waals surface area contributed by atoms with E-state index in [-0.39, 0.29) is 0 Å². The van der Waals surface area contributed by atoms with Gasteiger partial charge < -0.3 is 5.32 Å². The normalized spacial score (nSPS) is 10.6. The third-order valence-electron chi connectivity index (χ3n) is 2.86. The van der Waals surface area contributed by atoms with E-state index >= 15 is 0 Å². The Kier molecular flexibility index (Phi) is 3.05.